The van der Waals surface area contributed by atoms with Gasteiger partial charge in [-0.2, -0.15) is 5.26 Å². The molecule has 0 atom stereocenters. The zero-order chi connectivity index (χ0) is 11.0. The van der Waals surface area contributed by atoms with E-state index in [1.54, 1.807) is 0 Å². The molecule has 3 nitrogen and oxygen atoms in total. The van der Waals surface area contributed by atoms with Gasteiger partial charge in [-0.05, 0) is 30.5 Å². The molecule has 0 radical (unpaired) electrons. The van der Waals surface area contributed by atoms with Crippen molar-refractivity contribution < 1.29 is 9.47 Å². The molecule has 1 aromatic rings. The standard InChI is InChI=1S/C13H11NO2/c14-8-13(5-1-2-6-13)10-3-4-11-12(7-10)16-9-15-11/h1-4,7H,5-6,9H2. The van der Waals surface area contributed by atoms with Gasteiger partial charge in [0.15, 0.2) is 11.5 Å². The van der Waals surface area contributed by atoms with Crippen molar-refractivity contribution in [2.45, 2.75) is 18.3 Å². The molecule has 0 fully saturated rings. The lowest BCUT2D eigenvalue weighted by molar-refractivity contribution is 0.174. The van der Waals surface area contributed by atoms with E-state index in [0.29, 0.717) is 0 Å². The second-order valence-corrected chi connectivity index (χ2v) is 4.14. The third-order valence-corrected chi connectivity index (χ3v) is 3.24. The van der Waals surface area contributed by atoms with Crippen LogP contribution >= 0.6 is 0 Å². The van der Waals surface area contributed by atoms with Crippen molar-refractivity contribution >= 4 is 0 Å². The first-order valence-electron chi connectivity index (χ1n) is 5.30. The normalized spacial score (nSPS) is 19.7. The smallest absolute Gasteiger partial charge is 0.231 e. The number of hydrogen-bond acceptors (Lipinski definition) is 3. The average molecular weight is 213 g/mol. The second-order valence-electron chi connectivity index (χ2n) is 4.14. The van der Waals surface area contributed by atoms with Crippen molar-refractivity contribution in [2.75, 3.05) is 6.79 Å². The van der Waals surface area contributed by atoms with Crippen molar-refractivity contribution in [3.8, 4) is 17.6 Å². The Morgan fingerprint density at radius 1 is 1.12 bits per heavy atom. The Morgan fingerprint density at radius 2 is 1.88 bits per heavy atom. The van der Waals surface area contributed by atoms with Crippen molar-refractivity contribution in [1.82, 2.24) is 0 Å². The van der Waals surface area contributed by atoms with Gasteiger partial charge in [0, 0.05) is 0 Å². The molecule has 1 aliphatic carbocycles. The Kier molecular flexibility index (Phi) is 1.90. The highest BCUT2D eigenvalue weighted by atomic mass is 16.7. The molecule has 0 saturated carbocycles. The summed E-state index contributed by atoms with van der Waals surface area (Å²) >= 11 is 0. The molecule has 1 heterocycles. The summed E-state index contributed by atoms with van der Waals surface area (Å²) in [6, 6.07) is 8.20. The predicted octanol–water partition coefficient (Wildman–Crippen LogP) is 2.53. The lowest BCUT2D eigenvalue weighted by Gasteiger charge is -2.20. The first kappa shape index (κ1) is 9.29. The molecule has 3 heteroatoms. The minimum absolute atomic E-state index is 0.274. The van der Waals surface area contributed by atoms with Crippen LogP contribution in [0.2, 0.25) is 0 Å². The quantitative estimate of drug-likeness (QED) is 0.673. The molecule has 0 unspecified atom stereocenters. The molecule has 0 spiro atoms. The highest BCUT2D eigenvalue weighted by Gasteiger charge is 2.34. The molecule has 0 bridgehead atoms. The Labute approximate surface area is 93.9 Å². The summed E-state index contributed by atoms with van der Waals surface area (Å²) in [5.74, 6) is 1.52. The average Bonchev–Trinajstić information content (AvgIpc) is 2.97. The van der Waals surface area contributed by atoms with E-state index < -0.39 is 5.41 Å². The van der Waals surface area contributed by atoms with E-state index in [2.05, 4.69) is 18.2 Å². The van der Waals surface area contributed by atoms with Crippen molar-refractivity contribution in [3.05, 3.63) is 35.9 Å². The molecule has 0 N–H and O–H groups in total. The highest BCUT2D eigenvalue weighted by Crippen LogP contribution is 2.41. The highest BCUT2D eigenvalue weighted by molar-refractivity contribution is 5.49. The molecule has 1 aliphatic heterocycles. The van der Waals surface area contributed by atoms with Crippen LogP contribution < -0.4 is 9.47 Å². The fraction of sp³-hybridized carbons (Fsp3) is 0.308. The van der Waals surface area contributed by atoms with Gasteiger partial charge in [-0.3, -0.25) is 0 Å². The number of benzene rings is 1. The van der Waals surface area contributed by atoms with Crippen molar-refractivity contribution in [1.29, 1.82) is 5.26 Å². The van der Waals surface area contributed by atoms with Gasteiger partial charge < -0.3 is 9.47 Å². The number of hydrogen-bond donors (Lipinski definition) is 0. The zero-order valence-electron chi connectivity index (χ0n) is 8.77. The molecule has 0 saturated heterocycles. The molecule has 16 heavy (non-hydrogen) atoms. The third-order valence-electron chi connectivity index (χ3n) is 3.24. The van der Waals surface area contributed by atoms with E-state index in [4.69, 9.17) is 9.47 Å². The minimum Gasteiger partial charge on any atom is -0.454 e. The summed E-state index contributed by atoms with van der Waals surface area (Å²) in [6.07, 6.45) is 5.69. The number of rotatable bonds is 1. The van der Waals surface area contributed by atoms with Gasteiger partial charge in [0.25, 0.3) is 0 Å². The van der Waals surface area contributed by atoms with E-state index in [9.17, 15) is 5.26 Å². The molecule has 3 rings (SSSR count). The van der Waals surface area contributed by atoms with Crippen molar-refractivity contribution in [2.24, 2.45) is 0 Å². The maximum Gasteiger partial charge on any atom is 0.231 e. The van der Waals surface area contributed by atoms with Gasteiger partial charge in [0.2, 0.25) is 6.79 Å². The van der Waals surface area contributed by atoms with E-state index in [0.717, 1.165) is 29.9 Å². The van der Waals surface area contributed by atoms with Crippen molar-refractivity contribution in [3.63, 3.8) is 0 Å². The minimum atomic E-state index is -0.402. The summed E-state index contributed by atoms with van der Waals surface area (Å²) < 4.78 is 10.6. The van der Waals surface area contributed by atoms with E-state index in [1.807, 2.05) is 18.2 Å². The van der Waals surface area contributed by atoms with Crippen LogP contribution in [-0.2, 0) is 5.41 Å². The maximum absolute atomic E-state index is 9.36. The van der Waals surface area contributed by atoms with E-state index >= 15 is 0 Å². The molecule has 2 aliphatic rings. The summed E-state index contributed by atoms with van der Waals surface area (Å²) in [5.41, 5.74) is 0.616. The summed E-state index contributed by atoms with van der Waals surface area (Å²) in [5, 5.41) is 9.36. The number of allylic oxidation sites excluding steroid dienone is 2. The van der Waals surface area contributed by atoms with Crippen LogP contribution in [-0.4, -0.2) is 6.79 Å². The van der Waals surface area contributed by atoms with Gasteiger partial charge in [-0.15, -0.1) is 0 Å². The number of ether oxygens (including phenoxy) is 2. The Balaban J connectivity index is 2.04. The summed E-state index contributed by atoms with van der Waals surface area (Å²) in [6.45, 7) is 0.274. The molecule has 80 valence electrons. The van der Waals surface area contributed by atoms with Gasteiger partial charge in [-0.25, -0.2) is 0 Å². The summed E-state index contributed by atoms with van der Waals surface area (Å²) in [4.78, 5) is 0. The fourth-order valence-corrected chi connectivity index (χ4v) is 2.24. The summed E-state index contributed by atoms with van der Waals surface area (Å²) in [7, 11) is 0. The van der Waals surface area contributed by atoms with Gasteiger partial charge >= 0.3 is 0 Å². The Bertz CT molecular complexity index is 491. The lowest BCUT2D eigenvalue weighted by Crippen LogP contribution is -2.19. The largest absolute Gasteiger partial charge is 0.454 e. The first-order chi connectivity index (χ1) is 7.84. The maximum atomic E-state index is 9.36. The van der Waals surface area contributed by atoms with E-state index in [1.165, 1.54) is 0 Å². The topological polar surface area (TPSA) is 42.2 Å². The van der Waals surface area contributed by atoms with Crippen LogP contribution in [0.25, 0.3) is 0 Å². The Morgan fingerprint density at radius 3 is 2.62 bits per heavy atom. The second kappa shape index (κ2) is 3.28. The van der Waals surface area contributed by atoms with Crippen LogP contribution in [0, 0.1) is 11.3 Å². The van der Waals surface area contributed by atoms with Crippen LogP contribution in [0.5, 0.6) is 11.5 Å². The molecule has 1 aromatic carbocycles. The number of nitriles is 1. The van der Waals surface area contributed by atoms with Crippen LogP contribution in [0.3, 0.4) is 0 Å². The van der Waals surface area contributed by atoms with Gasteiger partial charge in [0.05, 0.1) is 11.5 Å². The zero-order valence-corrected chi connectivity index (χ0v) is 8.77. The predicted molar refractivity (Wildman–Crippen MR) is 58.2 cm³/mol. The van der Waals surface area contributed by atoms with Crippen LogP contribution in [0.4, 0.5) is 0 Å². The van der Waals surface area contributed by atoms with E-state index in [-0.39, 0.29) is 6.79 Å². The number of fused-ring (bicyclic) bond motifs is 1. The molecule has 0 amide bonds. The molecule has 0 aromatic heterocycles. The van der Waals surface area contributed by atoms with Gasteiger partial charge in [0.1, 0.15) is 0 Å². The third kappa shape index (κ3) is 1.20. The molecular weight excluding hydrogens is 202 g/mol. The SMILES string of the molecule is N#CC1(c2ccc3c(c2)OCO3)CC=CC1. The fourth-order valence-electron chi connectivity index (χ4n) is 2.24. The Hall–Kier alpha value is -1.95. The number of nitrogens with zero attached hydrogens (tertiary/aromatic N) is 1. The first-order valence-corrected chi connectivity index (χ1v) is 5.30. The lowest BCUT2D eigenvalue weighted by atomic mass is 9.79. The molecular formula is C13H11NO2. The monoisotopic (exact) mass is 213 g/mol. The van der Waals surface area contributed by atoms with Gasteiger partial charge in [-0.1, -0.05) is 18.2 Å². The van der Waals surface area contributed by atoms with Crippen LogP contribution in [0.15, 0.2) is 30.4 Å². The van der Waals surface area contributed by atoms with Crippen LogP contribution in [0.1, 0.15) is 18.4 Å².